The summed E-state index contributed by atoms with van der Waals surface area (Å²) < 4.78 is 0. The van der Waals surface area contributed by atoms with Gasteiger partial charge in [0.15, 0.2) is 0 Å². The van der Waals surface area contributed by atoms with Gasteiger partial charge in [0.2, 0.25) is 0 Å². The molecule has 0 amide bonds. The summed E-state index contributed by atoms with van der Waals surface area (Å²) in [6, 6.07) is 12.1. The van der Waals surface area contributed by atoms with Crippen LogP contribution < -0.4 is 5.32 Å². The molecule has 1 N–H and O–H groups in total. The number of rotatable bonds is 4. The minimum Gasteiger partial charge on any atom is -0.311 e. The lowest BCUT2D eigenvalue weighted by molar-refractivity contribution is 0.361. The maximum absolute atomic E-state index is 3.73. The molecule has 94 valence electrons. The fourth-order valence-electron chi connectivity index (χ4n) is 2.53. The van der Waals surface area contributed by atoms with Gasteiger partial charge in [0.05, 0.1) is 0 Å². The Morgan fingerprint density at radius 1 is 1.12 bits per heavy atom. The molecule has 2 rings (SSSR count). The van der Waals surface area contributed by atoms with Crippen LogP contribution >= 0.6 is 11.8 Å². The molecular formula is C15H23NS. The van der Waals surface area contributed by atoms with E-state index in [1.165, 1.54) is 30.6 Å². The third kappa shape index (κ3) is 4.04. The van der Waals surface area contributed by atoms with Crippen molar-refractivity contribution in [1.29, 1.82) is 0 Å². The molecule has 17 heavy (non-hydrogen) atoms. The van der Waals surface area contributed by atoms with Crippen LogP contribution in [0.2, 0.25) is 0 Å². The first-order valence-corrected chi connectivity index (χ1v) is 7.61. The molecule has 2 atom stereocenters. The van der Waals surface area contributed by atoms with Crippen molar-refractivity contribution in [2.24, 2.45) is 0 Å². The molecule has 1 saturated carbocycles. The lowest BCUT2D eigenvalue weighted by atomic mass is 9.94. The first kappa shape index (κ1) is 13.0. The van der Waals surface area contributed by atoms with Gasteiger partial charge in [-0.1, -0.05) is 44.9 Å². The van der Waals surface area contributed by atoms with E-state index in [4.69, 9.17) is 0 Å². The van der Waals surface area contributed by atoms with Crippen molar-refractivity contribution in [2.75, 3.05) is 0 Å². The van der Waals surface area contributed by atoms with Crippen LogP contribution in [-0.2, 0) is 0 Å². The van der Waals surface area contributed by atoms with Crippen molar-refractivity contribution < 1.29 is 0 Å². The topological polar surface area (TPSA) is 12.0 Å². The summed E-state index contributed by atoms with van der Waals surface area (Å²) in [5.74, 6) is 0. The summed E-state index contributed by atoms with van der Waals surface area (Å²) in [4.78, 5) is 1.41. The molecule has 1 fully saturated rings. The van der Waals surface area contributed by atoms with Crippen LogP contribution in [-0.4, -0.2) is 17.3 Å². The first-order chi connectivity index (χ1) is 8.25. The van der Waals surface area contributed by atoms with Crippen molar-refractivity contribution in [3.05, 3.63) is 30.3 Å². The van der Waals surface area contributed by atoms with Crippen LogP contribution in [0.4, 0.5) is 0 Å². The van der Waals surface area contributed by atoms with Gasteiger partial charge in [-0.2, -0.15) is 0 Å². The summed E-state index contributed by atoms with van der Waals surface area (Å²) in [6.07, 6.45) is 5.46. The van der Waals surface area contributed by atoms with E-state index in [0.29, 0.717) is 12.1 Å². The highest BCUT2D eigenvalue weighted by molar-refractivity contribution is 8.00. The Labute approximate surface area is 109 Å². The van der Waals surface area contributed by atoms with Gasteiger partial charge in [0.1, 0.15) is 0 Å². The van der Waals surface area contributed by atoms with Crippen molar-refractivity contribution in [3.8, 4) is 0 Å². The zero-order chi connectivity index (χ0) is 12.1. The third-order valence-electron chi connectivity index (χ3n) is 3.28. The van der Waals surface area contributed by atoms with Gasteiger partial charge in [-0.15, -0.1) is 11.8 Å². The normalized spacial score (nSPS) is 25.1. The lowest BCUT2D eigenvalue weighted by Gasteiger charge is -2.33. The van der Waals surface area contributed by atoms with Crippen LogP contribution in [0.1, 0.15) is 39.5 Å². The summed E-state index contributed by atoms with van der Waals surface area (Å²) >= 11 is 2.05. The van der Waals surface area contributed by atoms with E-state index in [-0.39, 0.29) is 0 Å². The van der Waals surface area contributed by atoms with Gasteiger partial charge in [0.25, 0.3) is 0 Å². The smallest absolute Gasteiger partial charge is 0.0248 e. The van der Waals surface area contributed by atoms with Gasteiger partial charge >= 0.3 is 0 Å². The maximum Gasteiger partial charge on any atom is 0.0248 e. The summed E-state index contributed by atoms with van der Waals surface area (Å²) in [6.45, 7) is 4.50. The Morgan fingerprint density at radius 3 is 2.53 bits per heavy atom. The molecule has 0 aromatic heterocycles. The van der Waals surface area contributed by atoms with Crippen molar-refractivity contribution in [1.82, 2.24) is 5.32 Å². The van der Waals surface area contributed by atoms with E-state index in [2.05, 4.69) is 61.3 Å². The molecule has 0 spiro atoms. The van der Waals surface area contributed by atoms with Crippen molar-refractivity contribution in [2.45, 2.75) is 61.8 Å². The average Bonchev–Trinajstić information content (AvgIpc) is 2.32. The van der Waals surface area contributed by atoms with Gasteiger partial charge in [-0.05, 0) is 25.0 Å². The standard InChI is InChI=1S/C15H23NS/c1-12(2)16-14-10-6-7-11-15(14)17-13-8-4-3-5-9-13/h3-5,8-9,12,14-16H,6-7,10-11H2,1-2H3/t14-,15+/m0/s1. The van der Waals surface area contributed by atoms with Gasteiger partial charge < -0.3 is 5.32 Å². The zero-order valence-electron chi connectivity index (χ0n) is 10.9. The van der Waals surface area contributed by atoms with E-state index in [9.17, 15) is 0 Å². The highest BCUT2D eigenvalue weighted by Crippen LogP contribution is 2.33. The molecule has 0 radical (unpaired) electrons. The highest BCUT2D eigenvalue weighted by Gasteiger charge is 2.25. The molecule has 0 unspecified atom stereocenters. The largest absolute Gasteiger partial charge is 0.311 e. The Kier molecular flexibility index (Phi) is 4.93. The van der Waals surface area contributed by atoms with Gasteiger partial charge in [-0.3, -0.25) is 0 Å². The van der Waals surface area contributed by atoms with Crippen LogP contribution in [0.3, 0.4) is 0 Å². The molecule has 0 saturated heterocycles. The van der Waals surface area contributed by atoms with Crippen LogP contribution in [0.25, 0.3) is 0 Å². The molecule has 0 aliphatic heterocycles. The van der Waals surface area contributed by atoms with E-state index in [0.717, 1.165) is 5.25 Å². The highest BCUT2D eigenvalue weighted by atomic mass is 32.2. The summed E-state index contributed by atoms with van der Waals surface area (Å²) in [5, 5.41) is 4.48. The summed E-state index contributed by atoms with van der Waals surface area (Å²) in [5.41, 5.74) is 0. The molecular weight excluding hydrogens is 226 g/mol. The average molecular weight is 249 g/mol. The monoisotopic (exact) mass is 249 g/mol. The zero-order valence-corrected chi connectivity index (χ0v) is 11.7. The molecule has 0 bridgehead atoms. The number of nitrogens with one attached hydrogen (secondary N) is 1. The third-order valence-corrected chi connectivity index (χ3v) is 4.69. The minimum absolute atomic E-state index is 0.594. The number of hydrogen-bond acceptors (Lipinski definition) is 2. The maximum atomic E-state index is 3.73. The van der Waals surface area contributed by atoms with E-state index in [1.54, 1.807) is 0 Å². The lowest BCUT2D eigenvalue weighted by Crippen LogP contribution is -2.43. The Morgan fingerprint density at radius 2 is 1.82 bits per heavy atom. The predicted molar refractivity (Wildman–Crippen MR) is 76.6 cm³/mol. The predicted octanol–water partition coefficient (Wildman–Crippen LogP) is 4.09. The van der Waals surface area contributed by atoms with Crippen LogP contribution in [0, 0.1) is 0 Å². The molecule has 1 aromatic carbocycles. The number of hydrogen-bond donors (Lipinski definition) is 1. The van der Waals surface area contributed by atoms with E-state index in [1.807, 2.05) is 0 Å². The molecule has 1 nitrogen and oxygen atoms in total. The Bertz CT molecular complexity index is 323. The second-order valence-electron chi connectivity index (χ2n) is 5.18. The summed E-state index contributed by atoms with van der Waals surface area (Å²) in [7, 11) is 0. The van der Waals surface area contributed by atoms with E-state index >= 15 is 0 Å². The second-order valence-corrected chi connectivity index (χ2v) is 6.49. The first-order valence-electron chi connectivity index (χ1n) is 6.73. The fourth-order valence-corrected chi connectivity index (χ4v) is 3.86. The second kappa shape index (κ2) is 6.46. The molecule has 2 heteroatoms. The molecule has 0 heterocycles. The van der Waals surface area contributed by atoms with Crippen LogP contribution in [0.15, 0.2) is 35.2 Å². The minimum atomic E-state index is 0.594. The van der Waals surface area contributed by atoms with Crippen molar-refractivity contribution in [3.63, 3.8) is 0 Å². The Hall–Kier alpha value is -0.470. The fraction of sp³-hybridized carbons (Fsp3) is 0.600. The van der Waals surface area contributed by atoms with Crippen molar-refractivity contribution >= 4 is 11.8 Å². The van der Waals surface area contributed by atoms with Crippen LogP contribution in [0.5, 0.6) is 0 Å². The number of benzene rings is 1. The Balaban J connectivity index is 1.96. The van der Waals surface area contributed by atoms with Gasteiger partial charge in [-0.25, -0.2) is 0 Å². The molecule has 1 aliphatic rings. The molecule has 1 aliphatic carbocycles. The SMILES string of the molecule is CC(C)N[C@H]1CCCC[C@H]1Sc1ccccc1. The van der Waals surface area contributed by atoms with Gasteiger partial charge in [0, 0.05) is 22.2 Å². The van der Waals surface area contributed by atoms with E-state index < -0.39 is 0 Å². The molecule has 1 aromatic rings. The quantitative estimate of drug-likeness (QED) is 0.862. The number of thioether (sulfide) groups is 1.